The Morgan fingerprint density at radius 1 is 1.16 bits per heavy atom. The zero-order valence-electron chi connectivity index (χ0n) is 15.5. The van der Waals surface area contributed by atoms with Crippen molar-refractivity contribution in [2.45, 2.75) is 50.3 Å². The number of carbonyl (C=O) groups is 1. The van der Waals surface area contributed by atoms with E-state index < -0.39 is 0 Å². The van der Waals surface area contributed by atoms with E-state index in [-0.39, 0.29) is 35.9 Å². The van der Waals surface area contributed by atoms with Crippen LogP contribution in [0.15, 0.2) is 40.2 Å². The Bertz CT molecular complexity index is 511. The summed E-state index contributed by atoms with van der Waals surface area (Å²) >= 11 is 1.81. The van der Waals surface area contributed by atoms with Gasteiger partial charge in [-0.15, -0.1) is 35.7 Å². The largest absolute Gasteiger partial charge is 0.357 e. The van der Waals surface area contributed by atoms with Crippen LogP contribution in [0.25, 0.3) is 0 Å². The summed E-state index contributed by atoms with van der Waals surface area (Å²) in [5, 5.41) is 9.69. The number of nitrogens with one attached hydrogen (secondary N) is 3. The van der Waals surface area contributed by atoms with Gasteiger partial charge in [-0.05, 0) is 32.9 Å². The molecular formula is C18H31IN4OS. The average Bonchev–Trinajstić information content (AvgIpc) is 2.53. The maximum absolute atomic E-state index is 11.6. The third-order valence-corrected chi connectivity index (χ3v) is 4.12. The standard InChI is InChI=1S/C18H30N4OS.HI/c1-5-19-18(20-12-11-17(23)22-14(2)3)21-13-15(4)24-16-9-7-6-8-10-16;/h6-10,14-15H,5,11-13H2,1-4H3,(H,22,23)(H2,19,20,21);1H. The molecule has 0 aliphatic heterocycles. The van der Waals surface area contributed by atoms with Crippen LogP contribution in [0.1, 0.15) is 34.1 Å². The maximum atomic E-state index is 11.6. The van der Waals surface area contributed by atoms with Gasteiger partial charge >= 0.3 is 0 Å². The Morgan fingerprint density at radius 3 is 2.44 bits per heavy atom. The monoisotopic (exact) mass is 478 g/mol. The summed E-state index contributed by atoms with van der Waals surface area (Å²) in [5.74, 6) is 0.816. The molecule has 142 valence electrons. The number of hydrogen-bond acceptors (Lipinski definition) is 3. The predicted molar refractivity (Wildman–Crippen MR) is 119 cm³/mol. The van der Waals surface area contributed by atoms with Gasteiger partial charge in [0.1, 0.15) is 0 Å². The highest BCUT2D eigenvalue weighted by molar-refractivity contribution is 14.0. The lowest BCUT2D eigenvalue weighted by Gasteiger charge is -2.14. The molecule has 7 heteroatoms. The summed E-state index contributed by atoms with van der Waals surface area (Å²) < 4.78 is 0. The molecule has 1 aromatic carbocycles. The number of amides is 1. The zero-order chi connectivity index (χ0) is 17.8. The first-order valence-electron chi connectivity index (χ1n) is 8.54. The van der Waals surface area contributed by atoms with E-state index in [0.717, 1.165) is 12.5 Å². The fourth-order valence-electron chi connectivity index (χ4n) is 2.02. The van der Waals surface area contributed by atoms with Crippen LogP contribution in [0.3, 0.4) is 0 Å². The molecule has 1 amide bonds. The van der Waals surface area contributed by atoms with Crippen LogP contribution in [0, 0.1) is 0 Å². The molecule has 0 radical (unpaired) electrons. The number of aliphatic imine (C=N–C) groups is 1. The minimum absolute atomic E-state index is 0. The molecule has 0 saturated carbocycles. The molecule has 0 spiro atoms. The molecule has 5 nitrogen and oxygen atoms in total. The third-order valence-electron chi connectivity index (χ3n) is 3.03. The van der Waals surface area contributed by atoms with Crippen LogP contribution in [0.2, 0.25) is 0 Å². The number of carbonyl (C=O) groups excluding carboxylic acids is 1. The Hall–Kier alpha value is -0.960. The van der Waals surface area contributed by atoms with Crippen molar-refractivity contribution < 1.29 is 4.79 Å². The highest BCUT2D eigenvalue weighted by Gasteiger charge is 2.06. The highest BCUT2D eigenvalue weighted by atomic mass is 127. The molecule has 1 unspecified atom stereocenters. The van der Waals surface area contributed by atoms with Gasteiger partial charge in [-0.1, -0.05) is 25.1 Å². The van der Waals surface area contributed by atoms with Crippen molar-refractivity contribution in [3.05, 3.63) is 30.3 Å². The van der Waals surface area contributed by atoms with Crippen LogP contribution in [-0.2, 0) is 4.79 Å². The molecule has 0 aliphatic carbocycles. The van der Waals surface area contributed by atoms with E-state index in [0.29, 0.717) is 24.8 Å². The molecule has 1 atom stereocenters. The summed E-state index contributed by atoms with van der Waals surface area (Å²) in [6.07, 6.45) is 0.441. The van der Waals surface area contributed by atoms with E-state index in [4.69, 9.17) is 0 Å². The number of nitrogens with zero attached hydrogens (tertiary/aromatic N) is 1. The fourth-order valence-corrected chi connectivity index (χ4v) is 2.95. The van der Waals surface area contributed by atoms with Crippen molar-refractivity contribution in [1.82, 2.24) is 16.0 Å². The summed E-state index contributed by atoms with van der Waals surface area (Å²) in [7, 11) is 0. The summed E-state index contributed by atoms with van der Waals surface area (Å²) in [6.45, 7) is 10.2. The van der Waals surface area contributed by atoms with Crippen molar-refractivity contribution in [2.24, 2.45) is 4.99 Å². The Kier molecular flexibility index (Phi) is 13.7. The summed E-state index contributed by atoms with van der Waals surface area (Å²) in [6, 6.07) is 10.5. The topological polar surface area (TPSA) is 65.5 Å². The van der Waals surface area contributed by atoms with Gasteiger partial charge in [0.2, 0.25) is 5.91 Å². The number of thioether (sulfide) groups is 1. The van der Waals surface area contributed by atoms with Crippen LogP contribution in [0.5, 0.6) is 0 Å². The number of hydrogen-bond donors (Lipinski definition) is 3. The first-order valence-corrected chi connectivity index (χ1v) is 9.42. The predicted octanol–water partition coefficient (Wildman–Crippen LogP) is 3.26. The summed E-state index contributed by atoms with van der Waals surface area (Å²) in [5.41, 5.74) is 0. The SMILES string of the molecule is CCNC(=NCC(C)Sc1ccccc1)NCCC(=O)NC(C)C.I. The fraction of sp³-hybridized carbons (Fsp3) is 0.556. The normalized spacial score (nSPS) is 12.3. The van der Waals surface area contributed by atoms with E-state index in [1.165, 1.54) is 4.90 Å². The molecule has 0 fully saturated rings. The molecule has 1 aromatic rings. The van der Waals surface area contributed by atoms with E-state index in [2.05, 4.69) is 40.0 Å². The van der Waals surface area contributed by atoms with Crippen LogP contribution >= 0.6 is 35.7 Å². The van der Waals surface area contributed by atoms with Gasteiger partial charge in [-0.3, -0.25) is 9.79 Å². The van der Waals surface area contributed by atoms with Crippen molar-refractivity contribution >= 4 is 47.6 Å². The smallest absolute Gasteiger partial charge is 0.221 e. The first-order chi connectivity index (χ1) is 11.5. The second-order valence-corrected chi connectivity index (χ2v) is 7.37. The minimum atomic E-state index is 0. The zero-order valence-corrected chi connectivity index (χ0v) is 18.7. The molecule has 25 heavy (non-hydrogen) atoms. The average molecular weight is 478 g/mol. The van der Waals surface area contributed by atoms with E-state index >= 15 is 0 Å². The molecule has 3 N–H and O–H groups in total. The van der Waals surface area contributed by atoms with Gasteiger partial charge < -0.3 is 16.0 Å². The Labute approximate surface area is 173 Å². The second-order valence-electron chi connectivity index (χ2n) is 5.86. The second kappa shape index (κ2) is 14.2. The van der Waals surface area contributed by atoms with Crippen molar-refractivity contribution in [2.75, 3.05) is 19.6 Å². The Morgan fingerprint density at radius 2 is 1.84 bits per heavy atom. The lowest BCUT2D eigenvalue weighted by Crippen LogP contribution is -2.40. The Balaban J connectivity index is 0.00000576. The number of benzene rings is 1. The number of rotatable bonds is 9. The minimum Gasteiger partial charge on any atom is -0.357 e. The molecular weight excluding hydrogens is 447 g/mol. The van der Waals surface area contributed by atoms with Gasteiger partial charge in [0.05, 0.1) is 6.54 Å². The van der Waals surface area contributed by atoms with Gasteiger partial charge in [-0.2, -0.15) is 0 Å². The molecule has 0 aromatic heterocycles. The lowest BCUT2D eigenvalue weighted by molar-refractivity contribution is -0.121. The van der Waals surface area contributed by atoms with Crippen molar-refractivity contribution in [3.63, 3.8) is 0 Å². The molecule has 0 aliphatic rings. The van der Waals surface area contributed by atoms with Gasteiger partial charge in [-0.25, -0.2) is 0 Å². The third kappa shape index (κ3) is 12.1. The molecule has 0 saturated heterocycles. The van der Waals surface area contributed by atoms with Gasteiger partial charge in [0, 0.05) is 35.7 Å². The van der Waals surface area contributed by atoms with E-state index in [1.807, 2.05) is 50.7 Å². The van der Waals surface area contributed by atoms with Crippen LogP contribution in [-0.4, -0.2) is 42.8 Å². The number of guanidine groups is 1. The molecule has 1 rings (SSSR count). The lowest BCUT2D eigenvalue weighted by atomic mass is 10.3. The summed E-state index contributed by atoms with van der Waals surface area (Å²) in [4.78, 5) is 17.5. The van der Waals surface area contributed by atoms with Crippen LogP contribution < -0.4 is 16.0 Å². The van der Waals surface area contributed by atoms with Gasteiger partial charge in [0.15, 0.2) is 5.96 Å². The maximum Gasteiger partial charge on any atom is 0.221 e. The first kappa shape index (κ1) is 24.0. The number of halogens is 1. The van der Waals surface area contributed by atoms with Crippen LogP contribution in [0.4, 0.5) is 0 Å². The molecule has 0 heterocycles. The molecule has 0 bridgehead atoms. The van der Waals surface area contributed by atoms with E-state index in [1.54, 1.807) is 0 Å². The van der Waals surface area contributed by atoms with E-state index in [9.17, 15) is 4.79 Å². The van der Waals surface area contributed by atoms with Gasteiger partial charge in [0.25, 0.3) is 0 Å². The van der Waals surface area contributed by atoms with Crippen molar-refractivity contribution in [1.29, 1.82) is 0 Å². The quantitative estimate of drug-likeness (QED) is 0.221. The van der Waals surface area contributed by atoms with Crippen molar-refractivity contribution in [3.8, 4) is 0 Å². The highest BCUT2D eigenvalue weighted by Crippen LogP contribution is 2.22.